The van der Waals surface area contributed by atoms with Gasteiger partial charge in [0, 0.05) is 25.2 Å². The van der Waals surface area contributed by atoms with Gasteiger partial charge in [-0.15, -0.1) is 0 Å². The number of nitrogens with zero attached hydrogens (tertiary/aromatic N) is 1. The van der Waals surface area contributed by atoms with Crippen LogP contribution >= 0.6 is 0 Å². The Morgan fingerprint density at radius 1 is 1.18 bits per heavy atom. The van der Waals surface area contributed by atoms with E-state index in [9.17, 15) is 0 Å². The maximum Gasteiger partial charge on any atom is 0.0645 e. The van der Waals surface area contributed by atoms with Crippen molar-refractivity contribution in [2.75, 3.05) is 39.4 Å². The van der Waals surface area contributed by atoms with Gasteiger partial charge in [-0.1, -0.05) is 26.2 Å². The Labute approximate surface area is 107 Å². The molecule has 1 aliphatic heterocycles. The first-order chi connectivity index (χ1) is 8.17. The van der Waals surface area contributed by atoms with Crippen LogP contribution in [-0.4, -0.2) is 49.8 Å². The van der Waals surface area contributed by atoms with Crippen molar-refractivity contribution in [3.63, 3.8) is 0 Å². The van der Waals surface area contributed by atoms with Gasteiger partial charge in [-0.25, -0.2) is 0 Å². The summed E-state index contributed by atoms with van der Waals surface area (Å²) < 4.78 is 5.52. The minimum Gasteiger partial charge on any atom is -0.378 e. The standard InChI is InChI=1S/C14H30N2O/c1-4-5-6-7-8-15-9-10-16-11-12-17-13-14(16,2)3/h15H,4-13H2,1-3H3. The third-order valence-corrected chi connectivity index (χ3v) is 3.58. The Morgan fingerprint density at radius 3 is 2.71 bits per heavy atom. The third-order valence-electron chi connectivity index (χ3n) is 3.58. The molecule has 102 valence electrons. The summed E-state index contributed by atoms with van der Waals surface area (Å²) in [6, 6.07) is 0. The van der Waals surface area contributed by atoms with Gasteiger partial charge in [-0.2, -0.15) is 0 Å². The highest BCUT2D eigenvalue weighted by atomic mass is 16.5. The molecule has 3 nitrogen and oxygen atoms in total. The largest absolute Gasteiger partial charge is 0.378 e. The number of nitrogens with one attached hydrogen (secondary N) is 1. The van der Waals surface area contributed by atoms with E-state index < -0.39 is 0 Å². The van der Waals surface area contributed by atoms with E-state index in [0.29, 0.717) is 0 Å². The first-order valence-electron chi connectivity index (χ1n) is 7.20. The zero-order valence-electron chi connectivity index (χ0n) is 11.9. The van der Waals surface area contributed by atoms with Crippen LogP contribution in [0.15, 0.2) is 0 Å². The SMILES string of the molecule is CCCCCCNCCN1CCOCC1(C)C. The average molecular weight is 242 g/mol. The highest BCUT2D eigenvalue weighted by Gasteiger charge is 2.29. The molecule has 0 aromatic heterocycles. The molecule has 1 aliphatic rings. The van der Waals surface area contributed by atoms with Gasteiger partial charge in [0.05, 0.1) is 13.2 Å². The predicted octanol–water partition coefficient (Wildman–Crippen LogP) is 2.27. The van der Waals surface area contributed by atoms with Gasteiger partial charge in [0.1, 0.15) is 0 Å². The van der Waals surface area contributed by atoms with Crippen molar-refractivity contribution in [1.82, 2.24) is 10.2 Å². The molecule has 0 aromatic carbocycles. The molecule has 1 saturated heterocycles. The van der Waals surface area contributed by atoms with E-state index in [0.717, 1.165) is 32.8 Å². The van der Waals surface area contributed by atoms with E-state index in [4.69, 9.17) is 4.74 Å². The Hall–Kier alpha value is -0.120. The second-order valence-corrected chi connectivity index (χ2v) is 5.66. The summed E-state index contributed by atoms with van der Waals surface area (Å²) in [4.78, 5) is 2.54. The van der Waals surface area contributed by atoms with Gasteiger partial charge >= 0.3 is 0 Å². The molecule has 3 heteroatoms. The van der Waals surface area contributed by atoms with E-state index in [1.54, 1.807) is 0 Å². The second kappa shape index (κ2) is 8.06. The van der Waals surface area contributed by atoms with E-state index in [-0.39, 0.29) is 5.54 Å². The lowest BCUT2D eigenvalue weighted by molar-refractivity contribution is -0.0500. The molecular formula is C14H30N2O. The lowest BCUT2D eigenvalue weighted by Gasteiger charge is -2.42. The van der Waals surface area contributed by atoms with Crippen LogP contribution in [0.2, 0.25) is 0 Å². The minimum atomic E-state index is 0.210. The van der Waals surface area contributed by atoms with E-state index in [2.05, 4.69) is 31.0 Å². The van der Waals surface area contributed by atoms with Gasteiger partial charge in [-0.05, 0) is 26.8 Å². The van der Waals surface area contributed by atoms with Gasteiger partial charge in [0.25, 0.3) is 0 Å². The van der Waals surface area contributed by atoms with Crippen LogP contribution in [0.5, 0.6) is 0 Å². The lowest BCUT2D eigenvalue weighted by atomic mass is 10.0. The Bertz CT molecular complexity index is 195. The van der Waals surface area contributed by atoms with Crippen molar-refractivity contribution >= 4 is 0 Å². The molecule has 1 N–H and O–H groups in total. The maximum absolute atomic E-state index is 5.52. The highest BCUT2D eigenvalue weighted by Crippen LogP contribution is 2.17. The number of hydrogen-bond donors (Lipinski definition) is 1. The number of morpholine rings is 1. The van der Waals surface area contributed by atoms with Crippen molar-refractivity contribution in [3.8, 4) is 0 Å². The zero-order chi connectivity index (χ0) is 12.6. The molecular weight excluding hydrogens is 212 g/mol. The topological polar surface area (TPSA) is 24.5 Å². The number of unbranched alkanes of at least 4 members (excludes halogenated alkanes) is 3. The third kappa shape index (κ3) is 5.84. The fourth-order valence-corrected chi connectivity index (χ4v) is 2.32. The average Bonchev–Trinajstić information content (AvgIpc) is 2.29. The second-order valence-electron chi connectivity index (χ2n) is 5.66. The van der Waals surface area contributed by atoms with Gasteiger partial charge in [-0.3, -0.25) is 4.90 Å². The number of hydrogen-bond acceptors (Lipinski definition) is 3. The van der Waals surface area contributed by atoms with Crippen molar-refractivity contribution in [2.24, 2.45) is 0 Å². The summed E-state index contributed by atoms with van der Waals surface area (Å²) >= 11 is 0. The molecule has 0 unspecified atom stereocenters. The van der Waals surface area contributed by atoms with Crippen LogP contribution in [0.3, 0.4) is 0 Å². The normalized spacial score (nSPS) is 20.6. The summed E-state index contributed by atoms with van der Waals surface area (Å²) in [5.74, 6) is 0. The zero-order valence-corrected chi connectivity index (χ0v) is 11.9. The first kappa shape index (κ1) is 14.9. The van der Waals surface area contributed by atoms with Crippen LogP contribution in [0.1, 0.15) is 46.5 Å². The smallest absolute Gasteiger partial charge is 0.0645 e. The fraction of sp³-hybridized carbons (Fsp3) is 1.00. The molecule has 1 rings (SSSR count). The molecule has 0 spiro atoms. The van der Waals surface area contributed by atoms with Gasteiger partial charge in [0.15, 0.2) is 0 Å². The van der Waals surface area contributed by atoms with Crippen LogP contribution in [0.4, 0.5) is 0 Å². The Morgan fingerprint density at radius 2 is 2.00 bits per heavy atom. The molecule has 0 bridgehead atoms. The van der Waals surface area contributed by atoms with Gasteiger partial charge < -0.3 is 10.1 Å². The van der Waals surface area contributed by atoms with Crippen molar-refractivity contribution in [2.45, 2.75) is 52.0 Å². The molecule has 17 heavy (non-hydrogen) atoms. The van der Waals surface area contributed by atoms with Crippen LogP contribution in [0, 0.1) is 0 Å². The fourth-order valence-electron chi connectivity index (χ4n) is 2.32. The molecule has 0 amide bonds. The van der Waals surface area contributed by atoms with Crippen LogP contribution in [0.25, 0.3) is 0 Å². The highest BCUT2D eigenvalue weighted by molar-refractivity contribution is 4.84. The summed E-state index contributed by atoms with van der Waals surface area (Å²) in [6.07, 6.45) is 5.38. The molecule has 0 atom stereocenters. The Balaban J connectivity index is 2.01. The van der Waals surface area contributed by atoms with Crippen molar-refractivity contribution in [3.05, 3.63) is 0 Å². The molecule has 1 fully saturated rings. The summed E-state index contributed by atoms with van der Waals surface area (Å²) in [5, 5.41) is 3.55. The van der Waals surface area contributed by atoms with Crippen molar-refractivity contribution in [1.29, 1.82) is 0 Å². The van der Waals surface area contributed by atoms with Crippen LogP contribution in [-0.2, 0) is 4.74 Å². The predicted molar refractivity (Wildman–Crippen MR) is 73.5 cm³/mol. The number of rotatable bonds is 8. The lowest BCUT2D eigenvalue weighted by Crippen LogP contribution is -2.54. The minimum absolute atomic E-state index is 0.210. The maximum atomic E-state index is 5.52. The molecule has 0 radical (unpaired) electrons. The van der Waals surface area contributed by atoms with Gasteiger partial charge in [0.2, 0.25) is 0 Å². The van der Waals surface area contributed by atoms with E-state index >= 15 is 0 Å². The number of ether oxygens (including phenoxy) is 1. The molecule has 0 saturated carbocycles. The first-order valence-corrected chi connectivity index (χ1v) is 7.20. The summed E-state index contributed by atoms with van der Waals surface area (Å²) in [5.41, 5.74) is 0.210. The summed E-state index contributed by atoms with van der Waals surface area (Å²) in [7, 11) is 0. The molecule has 0 aromatic rings. The quantitative estimate of drug-likeness (QED) is 0.661. The Kier molecular flexibility index (Phi) is 7.09. The molecule has 0 aliphatic carbocycles. The van der Waals surface area contributed by atoms with Crippen molar-refractivity contribution < 1.29 is 4.74 Å². The van der Waals surface area contributed by atoms with Crippen LogP contribution < -0.4 is 5.32 Å². The van der Waals surface area contributed by atoms with E-state index in [1.807, 2.05) is 0 Å². The van der Waals surface area contributed by atoms with E-state index in [1.165, 1.54) is 32.2 Å². The molecule has 1 heterocycles. The summed E-state index contributed by atoms with van der Waals surface area (Å²) in [6.45, 7) is 13.0. The monoisotopic (exact) mass is 242 g/mol.